The molecule has 4 nitrogen and oxygen atoms in total. The van der Waals surface area contributed by atoms with Crippen LogP contribution in [0.25, 0.3) is 0 Å². The van der Waals surface area contributed by atoms with Gasteiger partial charge in [0, 0.05) is 6.42 Å². The maximum atomic E-state index is 12.2. The van der Waals surface area contributed by atoms with Crippen molar-refractivity contribution >= 4 is 11.9 Å². The highest BCUT2D eigenvalue weighted by Crippen LogP contribution is 2.18. The molecule has 0 spiro atoms. The summed E-state index contributed by atoms with van der Waals surface area (Å²) < 4.78 is 5.19. The van der Waals surface area contributed by atoms with Gasteiger partial charge in [-0.15, -0.1) is 0 Å². The molecule has 0 heterocycles. The Bertz CT molecular complexity index is 622. The van der Waals surface area contributed by atoms with Crippen LogP contribution in [0.1, 0.15) is 24.0 Å². The summed E-state index contributed by atoms with van der Waals surface area (Å²) in [4.78, 5) is 23.5. The number of aliphatic carboxylic acids is 1. The lowest BCUT2D eigenvalue weighted by molar-refractivity contribution is -0.164. The fraction of sp³-hybridized carbons (Fsp3) is 0.222. The minimum Gasteiger partial charge on any atom is -0.478 e. The summed E-state index contributed by atoms with van der Waals surface area (Å²) in [6, 6.07) is 18.3. The fourth-order valence-electron chi connectivity index (χ4n) is 2.13. The highest BCUT2D eigenvalue weighted by atomic mass is 16.6. The van der Waals surface area contributed by atoms with E-state index < -0.39 is 24.0 Å². The zero-order valence-corrected chi connectivity index (χ0v) is 12.3. The van der Waals surface area contributed by atoms with E-state index in [4.69, 9.17) is 4.74 Å². The zero-order valence-electron chi connectivity index (χ0n) is 12.3. The molecule has 4 heteroatoms. The molecule has 0 fully saturated rings. The van der Waals surface area contributed by atoms with Gasteiger partial charge in [-0.25, -0.2) is 4.79 Å². The van der Waals surface area contributed by atoms with Gasteiger partial charge in [0.2, 0.25) is 6.10 Å². The summed E-state index contributed by atoms with van der Waals surface area (Å²) in [6.07, 6.45) is -1.02. The van der Waals surface area contributed by atoms with Gasteiger partial charge in [0.15, 0.2) is 0 Å². The molecule has 0 bridgehead atoms. The molecule has 2 rings (SSSR count). The molecule has 0 aliphatic carbocycles. The Hall–Kier alpha value is -2.62. The van der Waals surface area contributed by atoms with E-state index >= 15 is 0 Å². The monoisotopic (exact) mass is 298 g/mol. The summed E-state index contributed by atoms with van der Waals surface area (Å²) >= 11 is 0. The number of rotatable bonds is 6. The first kappa shape index (κ1) is 15.8. The number of hydrogen-bond donors (Lipinski definition) is 1. The van der Waals surface area contributed by atoms with Crippen molar-refractivity contribution in [1.82, 2.24) is 0 Å². The fourth-order valence-corrected chi connectivity index (χ4v) is 2.13. The van der Waals surface area contributed by atoms with E-state index in [0.29, 0.717) is 0 Å². The van der Waals surface area contributed by atoms with Crippen molar-refractivity contribution in [3.63, 3.8) is 0 Å². The van der Waals surface area contributed by atoms with E-state index in [2.05, 4.69) is 0 Å². The van der Waals surface area contributed by atoms with Crippen molar-refractivity contribution in [2.45, 2.75) is 25.4 Å². The van der Waals surface area contributed by atoms with Crippen LogP contribution in [0, 0.1) is 0 Å². The van der Waals surface area contributed by atoms with Gasteiger partial charge >= 0.3 is 11.9 Å². The molecule has 2 aromatic rings. The molecule has 22 heavy (non-hydrogen) atoms. The smallest absolute Gasteiger partial charge is 0.345 e. The average Bonchev–Trinajstić information content (AvgIpc) is 2.55. The maximum absolute atomic E-state index is 12.2. The SMILES string of the molecule is CC(C(=O)OC(Cc1ccccc1)C(=O)O)c1ccccc1. The van der Waals surface area contributed by atoms with Gasteiger partial charge in [-0.2, -0.15) is 0 Å². The average molecular weight is 298 g/mol. The number of carbonyl (C=O) groups is 2. The Labute approximate surface area is 129 Å². The second-order valence-electron chi connectivity index (χ2n) is 5.09. The Morgan fingerprint density at radius 2 is 1.55 bits per heavy atom. The molecule has 0 aromatic heterocycles. The third kappa shape index (κ3) is 4.19. The van der Waals surface area contributed by atoms with Gasteiger partial charge in [-0.05, 0) is 18.1 Å². The van der Waals surface area contributed by atoms with Gasteiger partial charge in [-0.1, -0.05) is 60.7 Å². The number of ether oxygens (including phenoxy) is 1. The first-order valence-electron chi connectivity index (χ1n) is 7.10. The van der Waals surface area contributed by atoms with Crippen LogP contribution in [0.15, 0.2) is 60.7 Å². The Balaban J connectivity index is 2.04. The van der Waals surface area contributed by atoms with Crippen LogP contribution in [0.3, 0.4) is 0 Å². The topological polar surface area (TPSA) is 63.6 Å². The lowest BCUT2D eigenvalue weighted by atomic mass is 10.0. The Morgan fingerprint density at radius 1 is 1.00 bits per heavy atom. The second-order valence-corrected chi connectivity index (χ2v) is 5.09. The molecule has 0 saturated carbocycles. The van der Waals surface area contributed by atoms with Crippen LogP contribution in [-0.4, -0.2) is 23.1 Å². The number of hydrogen-bond acceptors (Lipinski definition) is 3. The normalized spacial score (nSPS) is 13.1. The molecule has 2 aromatic carbocycles. The predicted molar refractivity (Wildman–Crippen MR) is 82.5 cm³/mol. The molecule has 0 aliphatic heterocycles. The Morgan fingerprint density at radius 3 is 2.09 bits per heavy atom. The molecule has 0 radical (unpaired) electrons. The summed E-state index contributed by atoms with van der Waals surface area (Å²) in [6.45, 7) is 1.71. The lowest BCUT2D eigenvalue weighted by Gasteiger charge is -2.17. The van der Waals surface area contributed by atoms with Crippen molar-refractivity contribution in [1.29, 1.82) is 0 Å². The van der Waals surface area contributed by atoms with Crippen LogP contribution in [0.5, 0.6) is 0 Å². The van der Waals surface area contributed by atoms with Crippen LogP contribution in [0.4, 0.5) is 0 Å². The van der Waals surface area contributed by atoms with E-state index in [1.54, 1.807) is 6.92 Å². The second kappa shape index (κ2) is 7.41. The predicted octanol–water partition coefficient (Wildman–Crippen LogP) is 3.03. The van der Waals surface area contributed by atoms with Gasteiger partial charge in [-0.3, -0.25) is 4.79 Å². The number of esters is 1. The van der Waals surface area contributed by atoms with Crippen molar-refractivity contribution in [2.75, 3.05) is 0 Å². The Kier molecular flexibility index (Phi) is 5.31. The molecule has 2 unspecified atom stereocenters. The molecular formula is C18H18O4. The van der Waals surface area contributed by atoms with Crippen LogP contribution in [0.2, 0.25) is 0 Å². The summed E-state index contributed by atoms with van der Waals surface area (Å²) in [7, 11) is 0. The van der Waals surface area contributed by atoms with Gasteiger partial charge in [0.1, 0.15) is 0 Å². The van der Waals surface area contributed by atoms with E-state index in [-0.39, 0.29) is 6.42 Å². The van der Waals surface area contributed by atoms with Gasteiger partial charge < -0.3 is 9.84 Å². The van der Waals surface area contributed by atoms with E-state index in [1.807, 2.05) is 60.7 Å². The highest BCUT2D eigenvalue weighted by molar-refractivity contribution is 5.82. The third-order valence-electron chi connectivity index (χ3n) is 3.45. The number of carbonyl (C=O) groups excluding carboxylic acids is 1. The largest absolute Gasteiger partial charge is 0.478 e. The van der Waals surface area contributed by atoms with Crippen LogP contribution < -0.4 is 0 Å². The number of carboxylic acids is 1. The molecule has 0 aliphatic rings. The molecule has 114 valence electrons. The van der Waals surface area contributed by atoms with E-state index in [0.717, 1.165) is 11.1 Å². The first-order chi connectivity index (χ1) is 10.6. The molecule has 2 atom stereocenters. The maximum Gasteiger partial charge on any atom is 0.345 e. The molecule has 0 saturated heterocycles. The van der Waals surface area contributed by atoms with Crippen molar-refractivity contribution < 1.29 is 19.4 Å². The first-order valence-corrected chi connectivity index (χ1v) is 7.10. The third-order valence-corrected chi connectivity index (χ3v) is 3.45. The number of benzene rings is 2. The standard InChI is InChI=1S/C18H18O4/c1-13(15-10-6-3-7-11-15)18(21)22-16(17(19)20)12-14-8-4-2-5-9-14/h2-11,13,16H,12H2,1H3,(H,19,20). The minimum atomic E-state index is -1.18. The summed E-state index contributed by atoms with van der Waals surface area (Å²) in [5.41, 5.74) is 1.62. The van der Waals surface area contributed by atoms with Gasteiger partial charge in [0.05, 0.1) is 5.92 Å². The van der Waals surface area contributed by atoms with Crippen molar-refractivity contribution in [2.24, 2.45) is 0 Å². The van der Waals surface area contributed by atoms with Crippen LogP contribution >= 0.6 is 0 Å². The highest BCUT2D eigenvalue weighted by Gasteiger charge is 2.26. The van der Waals surface area contributed by atoms with Crippen LogP contribution in [-0.2, 0) is 20.7 Å². The van der Waals surface area contributed by atoms with Crippen molar-refractivity contribution in [3.05, 3.63) is 71.8 Å². The van der Waals surface area contributed by atoms with Gasteiger partial charge in [0.25, 0.3) is 0 Å². The number of carboxylic acid groups (broad SMARTS) is 1. The molecule has 0 amide bonds. The van der Waals surface area contributed by atoms with E-state index in [1.165, 1.54) is 0 Å². The lowest BCUT2D eigenvalue weighted by Crippen LogP contribution is -2.31. The van der Waals surface area contributed by atoms with Crippen molar-refractivity contribution in [3.8, 4) is 0 Å². The molecule has 1 N–H and O–H groups in total. The van der Waals surface area contributed by atoms with E-state index in [9.17, 15) is 14.7 Å². The zero-order chi connectivity index (χ0) is 15.9. The summed E-state index contributed by atoms with van der Waals surface area (Å²) in [5, 5.41) is 9.26. The quantitative estimate of drug-likeness (QED) is 0.833. The molecular weight excluding hydrogens is 280 g/mol. The minimum absolute atomic E-state index is 0.156. The summed E-state index contributed by atoms with van der Waals surface area (Å²) in [5.74, 6) is -2.18.